The molecule has 1 rings (SSSR count). The van der Waals surface area contributed by atoms with Gasteiger partial charge in [-0.1, -0.05) is 18.5 Å². The van der Waals surface area contributed by atoms with Gasteiger partial charge in [0.05, 0.1) is 12.6 Å². The number of halogens is 1. The van der Waals surface area contributed by atoms with Crippen LogP contribution >= 0.6 is 11.6 Å². The first-order chi connectivity index (χ1) is 9.10. The van der Waals surface area contributed by atoms with Gasteiger partial charge in [-0.15, -0.1) is 0 Å². The molecule has 1 unspecified atom stereocenters. The summed E-state index contributed by atoms with van der Waals surface area (Å²) >= 11 is 5.91. The molecule has 0 aromatic carbocycles. The number of carbonyl (C=O) groups is 1. The number of pyridine rings is 1. The zero-order valence-corrected chi connectivity index (χ0v) is 12.3. The lowest BCUT2D eigenvalue weighted by atomic mass is 10.2. The summed E-state index contributed by atoms with van der Waals surface area (Å²) in [5.74, 6) is 0.423. The topological polar surface area (TPSA) is 63.2 Å². The zero-order valence-electron chi connectivity index (χ0n) is 11.5. The Morgan fingerprint density at radius 3 is 2.79 bits per heavy atom. The quantitative estimate of drug-likeness (QED) is 0.755. The summed E-state index contributed by atoms with van der Waals surface area (Å²) in [5.41, 5.74) is 0.491. The number of rotatable bonds is 7. The molecule has 0 aliphatic carbocycles. The van der Waals surface area contributed by atoms with E-state index in [2.05, 4.69) is 15.6 Å². The molecule has 6 heteroatoms. The summed E-state index contributed by atoms with van der Waals surface area (Å²) < 4.78 is 5.05. The van der Waals surface area contributed by atoms with Gasteiger partial charge >= 0.3 is 0 Å². The third-order valence-corrected chi connectivity index (χ3v) is 2.80. The van der Waals surface area contributed by atoms with Crippen molar-refractivity contribution in [3.63, 3.8) is 0 Å². The third kappa shape index (κ3) is 5.04. The van der Waals surface area contributed by atoms with E-state index < -0.39 is 0 Å². The van der Waals surface area contributed by atoms with Crippen molar-refractivity contribution in [2.45, 2.75) is 26.3 Å². The highest BCUT2D eigenvalue weighted by Crippen LogP contribution is 2.14. The second-order valence-corrected chi connectivity index (χ2v) is 4.52. The van der Waals surface area contributed by atoms with Crippen LogP contribution in [0.2, 0.25) is 5.15 Å². The smallest absolute Gasteiger partial charge is 0.251 e. The number of nitrogens with one attached hydrogen (secondary N) is 2. The Kier molecular flexibility index (Phi) is 6.59. The van der Waals surface area contributed by atoms with Crippen LogP contribution < -0.4 is 10.6 Å². The molecule has 1 aromatic heterocycles. The van der Waals surface area contributed by atoms with Crippen LogP contribution in [0.1, 0.15) is 30.6 Å². The molecule has 0 radical (unpaired) electrons. The summed E-state index contributed by atoms with van der Waals surface area (Å²) in [6, 6.07) is 3.23. The Bertz CT molecular complexity index is 426. The van der Waals surface area contributed by atoms with Gasteiger partial charge in [-0.25, -0.2) is 4.98 Å². The number of anilines is 1. The van der Waals surface area contributed by atoms with Crippen molar-refractivity contribution < 1.29 is 9.53 Å². The lowest BCUT2D eigenvalue weighted by Crippen LogP contribution is -2.37. The van der Waals surface area contributed by atoms with E-state index in [9.17, 15) is 4.79 Å². The second kappa shape index (κ2) is 7.96. The van der Waals surface area contributed by atoms with Gasteiger partial charge < -0.3 is 15.4 Å². The van der Waals surface area contributed by atoms with Crippen molar-refractivity contribution >= 4 is 23.3 Å². The average molecular weight is 286 g/mol. The minimum atomic E-state index is -0.174. The summed E-state index contributed by atoms with van der Waals surface area (Å²) in [6.45, 7) is 5.15. The van der Waals surface area contributed by atoms with Crippen molar-refractivity contribution in [1.29, 1.82) is 0 Å². The molecule has 106 valence electrons. The number of ether oxygens (including phenoxy) is 1. The molecule has 0 saturated carbocycles. The summed E-state index contributed by atoms with van der Waals surface area (Å²) in [4.78, 5) is 16.2. The maximum Gasteiger partial charge on any atom is 0.251 e. The van der Waals surface area contributed by atoms with Crippen LogP contribution in [0.5, 0.6) is 0 Å². The van der Waals surface area contributed by atoms with Gasteiger partial charge in [0.25, 0.3) is 5.91 Å². The standard InChI is InChI=1S/C13H20ClN3O2/c1-4-10(8-19-3)16-13(18)9-6-11(14)17-12(7-9)15-5-2/h6-7,10H,4-5,8H2,1-3H3,(H,15,17)(H,16,18). The van der Waals surface area contributed by atoms with Crippen molar-refractivity contribution in [3.8, 4) is 0 Å². The van der Waals surface area contributed by atoms with E-state index in [0.29, 0.717) is 23.1 Å². The fourth-order valence-electron chi connectivity index (χ4n) is 1.63. The van der Waals surface area contributed by atoms with Crippen molar-refractivity contribution in [2.24, 2.45) is 0 Å². The molecule has 1 amide bonds. The molecule has 0 spiro atoms. The van der Waals surface area contributed by atoms with E-state index in [-0.39, 0.29) is 11.9 Å². The van der Waals surface area contributed by atoms with Gasteiger partial charge in [-0.05, 0) is 25.5 Å². The normalized spacial score (nSPS) is 12.0. The maximum atomic E-state index is 12.1. The van der Waals surface area contributed by atoms with Gasteiger partial charge in [-0.2, -0.15) is 0 Å². The van der Waals surface area contributed by atoms with E-state index in [1.807, 2.05) is 13.8 Å². The van der Waals surface area contributed by atoms with E-state index in [4.69, 9.17) is 16.3 Å². The zero-order chi connectivity index (χ0) is 14.3. The average Bonchev–Trinajstić information content (AvgIpc) is 2.37. The van der Waals surface area contributed by atoms with Crippen LogP contribution in [0.25, 0.3) is 0 Å². The number of nitrogens with zero attached hydrogens (tertiary/aromatic N) is 1. The van der Waals surface area contributed by atoms with Gasteiger partial charge in [0.1, 0.15) is 11.0 Å². The molecular formula is C13H20ClN3O2. The highest BCUT2D eigenvalue weighted by Gasteiger charge is 2.13. The minimum Gasteiger partial charge on any atom is -0.383 e. The van der Waals surface area contributed by atoms with E-state index in [1.54, 1.807) is 19.2 Å². The number of carbonyl (C=O) groups excluding carboxylic acids is 1. The highest BCUT2D eigenvalue weighted by atomic mass is 35.5. The lowest BCUT2D eigenvalue weighted by molar-refractivity contribution is 0.0894. The molecular weight excluding hydrogens is 266 g/mol. The number of hydrogen-bond donors (Lipinski definition) is 2. The number of hydrogen-bond acceptors (Lipinski definition) is 4. The van der Waals surface area contributed by atoms with Crippen LogP contribution in [-0.4, -0.2) is 37.2 Å². The maximum absolute atomic E-state index is 12.1. The Hall–Kier alpha value is -1.33. The molecule has 0 fully saturated rings. The Morgan fingerprint density at radius 1 is 1.47 bits per heavy atom. The fraction of sp³-hybridized carbons (Fsp3) is 0.538. The van der Waals surface area contributed by atoms with Crippen LogP contribution in [-0.2, 0) is 4.74 Å². The number of methoxy groups -OCH3 is 1. The monoisotopic (exact) mass is 285 g/mol. The molecule has 0 aliphatic rings. The predicted molar refractivity (Wildman–Crippen MR) is 76.8 cm³/mol. The minimum absolute atomic E-state index is 0.00738. The third-order valence-electron chi connectivity index (χ3n) is 2.61. The van der Waals surface area contributed by atoms with Crippen LogP contribution in [0.4, 0.5) is 5.82 Å². The Labute approximate surface area is 118 Å². The van der Waals surface area contributed by atoms with Crippen LogP contribution in [0, 0.1) is 0 Å². The SMILES string of the molecule is CCNc1cc(C(=O)NC(CC)COC)cc(Cl)n1. The molecule has 0 aliphatic heterocycles. The highest BCUT2D eigenvalue weighted by molar-refractivity contribution is 6.29. The van der Waals surface area contributed by atoms with E-state index in [1.165, 1.54) is 0 Å². The lowest BCUT2D eigenvalue weighted by Gasteiger charge is -2.16. The van der Waals surface area contributed by atoms with E-state index >= 15 is 0 Å². The van der Waals surface area contributed by atoms with Crippen molar-refractivity contribution in [1.82, 2.24) is 10.3 Å². The molecule has 2 N–H and O–H groups in total. The summed E-state index contributed by atoms with van der Waals surface area (Å²) in [6.07, 6.45) is 0.804. The Morgan fingerprint density at radius 2 is 2.21 bits per heavy atom. The predicted octanol–water partition coefficient (Wildman–Crippen LogP) is 2.32. The largest absolute Gasteiger partial charge is 0.383 e. The number of amides is 1. The first-order valence-corrected chi connectivity index (χ1v) is 6.69. The molecule has 5 nitrogen and oxygen atoms in total. The van der Waals surface area contributed by atoms with Gasteiger partial charge in [0, 0.05) is 19.2 Å². The molecule has 1 heterocycles. The summed E-state index contributed by atoms with van der Waals surface area (Å²) in [7, 11) is 1.61. The van der Waals surface area contributed by atoms with Crippen LogP contribution in [0.15, 0.2) is 12.1 Å². The van der Waals surface area contributed by atoms with Gasteiger partial charge in [0.2, 0.25) is 0 Å². The second-order valence-electron chi connectivity index (χ2n) is 4.13. The Balaban J connectivity index is 2.80. The summed E-state index contributed by atoms with van der Waals surface area (Å²) in [5, 5.41) is 6.23. The van der Waals surface area contributed by atoms with Gasteiger partial charge in [-0.3, -0.25) is 4.79 Å². The molecule has 1 atom stereocenters. The van der Waals surface area contributed by atoms with Crippen LogP contribution in [0.3, 0.4) is 0 Å². The van der Waals surface area contributed by atoms with Gasteiger partial charge in [0.15, 0.2) is 0 Å². The first kappa shape index (κ1) is 15.7. The fourth-order valence-corrected chi connectivity index (χ4v) is 1.84. The molecule has 1 aromatic rings. The molecule has 0 bridgehead atoms. The van der Waals surface area contributed by atoms with E-state index in [0.717, 1.165) is 13.0 Å². The molecule has 0 saturated heterocycles. The van der Waals surface area contributed by atoms with Crippen molar-refractivity contribution in [3.05, 3.63) is 22.8 Å². The number of aromatic nitrogens is 1. The molecule has 19 heavy (non-hydrogen) atoms. The first-order valence-electron chi connectivity index (χ1n) is 6.31. The van der Waals surface area contributed by atoms with Crippen molar-refractivity contribution in [2.75, 3.05) is 25.6 Å².